The molecule has 164 valence electrons. The Hall–Kier alpha value is -4.57. The van der Waals surface area contributed by atoms with Crippen LogP contribution in [0.2, 0.25) is 0 Å². The fourth-order valence-corrected chi connectivity index (χ4v) is 3.83. The van der Waals surface area contributed by atoms with Crippen molar-refractivity contribution in [3.05, 3.63) is 77.1 Å². The van der Waals surface area contributed by atoms with E-state index in [4.69, 9.17) is 10.8 Å². The second kappa shape index (κ2) is 8.52. The molecule has 7 heteroatoms. The van der Waals surface area contributed by atoms with Gasteiger partial charge in [0.25, 0.3) is 5.91 Å². The third-order valence-corrected chi connectivity index (χ3v) is 5.36. The number of nitrogens with one attached hydrogen (secondary N) is 2. The lowest BCUT2D eigenvalue weighted by Gasteiger charge is -2.13. The van der Waals surface area contributed by atoms with Gasteiger partial charge in [-0.2, -0.15) is 0 Å². The van der Waals surface area contributed by atoms with Crippen molar-refractivity contribution in [3.8, 4) is 34.8 Å². The van der Waals surface area contributed by atoms with Gasteiger partial charge in [0.1, 0.15) is 11.6 Å². The van der Waals surface area contributed by atoms with Crippen LogP contribution in [-0.2, 0) is 0 Å². The van der Waals surface area contributed by atoms with E-state index in [9.17, 15) is 19.1 Å². The van der Waals surface area contributed by atoms with E-state index in [2.05, 4.69) is 16.6 Å². The number of benzene rings is 3. The third kappa shape index (κ3) is 3.68. The first kappa shape index (κ1) is 21.7. The van der Waals surface area contributed by atoms with Crippen molar-refractivity contribution in [2.75, 3.05) is 19.4 Å². The van der Waals surface area contributed by atoms with Crippen molar-refractivity contribution in [2.24, 2.45) is 0 Å². The van der Waals surface area contributed by atoms with Gasteiger partial charge in [-0.1, -0.05) is 18.1 Å². The molecule has 0 aliphatic carbocycles. The molecule has 33 heavy (non-hydrogen) atoms. The average molecular weight is 442 g/mol. The van der Waals surface area contributed by atoms with Crippen LogP contribution in [0.25, 0.3) is 33.4 Å². The Morgan fingerprint density at radius 3 is 2.39 bits per heavy atom. The number of amides is 1. The van der Waals surface area contributed by atoms with E-state index in [1.165, 1.54) is 43.4 Å². The minimum atomic E-state index is -1.06. The fraction of sp³-hybridized carbons (Fsp3) is 0.0769. The number of furan rings is 1. The Balaban J connectivity index is 2.11. The molecule has 0 spiro atoms. The lowest BCUT2D eigenvalue weighted by atomic mass is 9.94. The number of fused-ring (bicyclic) bond motifs is 1. The second-order valence-corrected chi connectivity index (χ2v) is 7.22. The quantitative estimate of drug-likeness (QED) is 0.379. The Kier molecular flexibility index (Phi) is 5.59. The topological polar surface area (TPSA) is 91.6 Å². The van der Waals surface area contributed by atoms with Crippen LogP contribution in [0.1, 0.15) is 26.3 Å². The van der Waals surface area contributed by atoms with Crippen LogP contribution in [-0.4, -0.2) is 31.1 Å². The summed E-state index contributed by atoms with van der Waals surface area (Å²) < 4.78 is 19.6. The summed E-state index contributed by atoms with van der Waals surface area (Å²) in [6.45, 7) is 0. The number of hydrogen-bond donors (Lipinski definition) is 3. The van der Waals surface area contributed by atoms with Crippen molar-refractivity contribution < 1.29 is 23.5 Å². The molecule has 0 unspecified atom stereocenters. The number of halogens is 1. The van der Waals surface area contributed by atoms with Crippen LogP contribution in [0, 0.1) is 18.2 Å². The highest BCUT2D eigenvalue weighted by molar-refractivity contribution is 6.14. The van der Waals surface area contributed by atoms with Crippen molar-refractivity contribution >= 4 is 28.5 Å². The molecule has 0 aliphatic heterocycles. The molecule has 0 saturated carbocycles. The van der Waals surface area contributed by atoms with E-state index >= 15 is 0 Å². The van der Waals surface area contributed by atoms with Crippen LogP contribution in [0.5, 0.6) is 0 Å². The van der Waals surface area contributed by atoms with Crippen LogP contribution < -0.4 is 10.6 Å². The van der Waals surface area contributed by atoms with Gasteiger partial charge in [0.05, 0.1) is 22.4 Å². The molecule has 4 aromatic rings. The van der Waals surface area contributed by atoms with Crippen molar-refractivity contribution in [3.63, 3.8) is 0 Å². The van der Waals surface area contributed by atoms with Gasteiger partial charge in [-0.15, -0.1) is 6.42 Å². The van der Waals surface area contributed by atoms with Crippen LogP contribution in [0.4, 0.5) is 10.1 Å². The van der Waals surface area contributed by atoms with Crippen molar-refractivity contribution in [2.45, 2.75) is 0 Å². The van der Waals surface area contributed by atoms with Gasteiger partial charge in [0.2, 0.25) is 0 Å². The summed E-state index contributed by atoms with van der Waals surface area (Å²) in [5.74, 6) is 0.997. The van der Waals surface area contributed by atoms with Crippen LogP contribution in [0.3, 0.4) is 0 Å². The maximum absolute atomic E-state index is 13.5. The highest BCUT2D eigenvalue weighted by Crippen LogP contribution is 2.42. The summed E-state index contributed by atoms with van der Waals surface area (Å²) in [5.41, 5.74) is 3.33. The molecule has 3 aromatic carbocycles. The molecule has 1 amide bonds. The van der Waals surface area contributed by atoms with E-state index in [-0.39, 0.29) is 16.9 Å². The number of aromatic carboxylic acids is 1. The Morgan fingerprint density at radius 1 is 1.06 bits per heavy atom. The Bertz CT molecular complexity index is 1450. The number of carboxylic acids is 1. The fourth-order valence-electron chi connectivity index (χ4n) is 3.83. The molecule has 3 N–H and O–H groups in total. The molecule has 4 rings (SSSR count). The largest absolute Gasteiger partial charge is 0.478 e. The van der Waals surface area contributed by atoms with Crippen molar-refractivity contribution in [1.82, 2.24) is 5.32 Å². The molecular formula is C26H19FN2O4. The average Bonchev–Trinajstić information content (AvgIpc) is 3.21. The van der Waals surface area contributed by atoms with Crippen LogP contribution >= 0.6 is 0 Å². The van der Waals surface area contributed by atoms with Crippen molar-refractivity contribution in [1.29, 1.82) is 0 Å². The van der Waals surface area contributed by atoms with E-state index in [0.717, 1.165) is 0 Å². The lowest BCUT2D eigenvalue weighted by Crippen LogP contribution is -2.18. The molecular weight excluding hydrogens is 423 g/mol. The molecule has 0 bridgehead atoms. The molecule has 0 fully saturated rings. The molecule has 1 heterocycles. The van der Waals surface area contributed by atoms with Gasteiger partial charge in [-0.3, -0.25) is 4.79 Å². The molecule has 0 saturated heterocycles. The maximum Gasteiger partial charge on any atom is 0.335 e. The number of terminal acetylenes is 1. The van der Waals surface area contributed by atoms with Gasteiger partial charge >= 0.3 is 5.97 Å². The first-order valence-corrected chi connectivity index (χ1v) is 9.99. The van der Waals surface area contributed by atoms with E-state index < -0.39 is 17.7 Å². The van der Waals surface area contributed by atoms with Gasteiger partial charge in [-0.05, 0) is 48.0 Å². The number of anilines is 1. The van der Waals surface area contributed by atoms with Gasteiger partial charge in [-0.25, -0.2) is 9.18 Å². The van der Waals surface area contributed by atoms with E-state index in [0.29, 0.717) is 38.9 Å². The lowest BCUT2D eigenvalue weighted by molar-refractivity contribution is 0.0696. The molecule has 0 radical (unpaired) electrons. The highest BCUT2D eigenvalue weighted by atomic mass is 19.1. The number of carboxylic acid groups (broad SMARTS) is 1. The first-order chi connectivity index (χ1) is 15.9. The summed E-state index contributed by atoms with van der Waals surface area (Å²) in [6, 6.07) is 13.8. The summed E-state index contributed by atoms with van der Waals surface area (Å²) in [6.07, 6.45) is 5.85. The number of carbonyl (C=O) groups excluding carboxylic acids is 1. The zero-order valence-electron chi connectivity index (χ0n) is 17.8. The number of rotatable bonds is 5. The molecule has 1 aromatic heterocycles. The smallest absolute Gasteiger partial charge is 0.335 e. The Labute approximate surface area is 189 Å². The SMILES string of the molecule is C#Cc1c(NC)c(-c2cccc(C(=O)O)c2)cc2c(C(=O)NC)c(-c3ccc(F)cc3)oc12. The molecule has 6 nitrogen and oxygen atoms in total. The standard InChI is InChI=1S/C26H19FN2O4/c1-4-18-22(28-2)19(15-6-5-7-16(12-15)26(31)32)13-20-21(25(30)29-3)23(33-24(18)20)14-8-10-17(27)11-9-14/h1,5-13,28H,2-3H3,(H,29,30)(H,31,32). The predicted molar refractivity (Wildman–Crippen MR) is 125 cm³/mol. The van der Waals surface area contributed by atoms with Gasteiger partial charge in [0.15, 0.2) is 5.58 Å². The maximum atomic E-state index is 13.5. The highest BCUT2D eigenvalue weighted by Gasteiger charge is 2.26. The normalized spacial score (nSPS) is 10.6. The zero-order chi connectivity index (χ0) is 23.7. The number of carbonyl (C=O) groups is 2. The zero-order valence-corrected chi connectivity index (χ0v) is 17.8. The third-order valence-electron chi connectivity index (χ3n) is 5.36. The monoisotopic (exact) mass is 442 g/mol. The van der Waals surface area contributed by atoms with Gasteiger partial charge in [0, 0.05) is 30.6 Å². The van der Waals surface area contributed by atoms with E-state index in [1.54, 1.807) is 25.2 Å². The summed E-state index contributed by atoms with van der Waals surface area (Å²) >= 11 is 0. The van der Waals surface area contributed by atoms with Gasteiger partial charge < -0.3 is 20.2 Å². The summed E-state index contributed by atoms with van der Waals surface area (Å²) in [5, 5.41) is 15.6. The van der Waals surface area contributed by atoms with E-state index in [1.807, 2.05) is 0 Å². The minimum absolute atomic E-state index is 0.114. The summed E-state index contributed by atoms with van der Waals surface area (Å²) in [4.78, 5) is 24.4. The number of hydrogen-bond acceptors (Lipinski definition) is 4. The predicted octanol–water partition coefficient (Wildman–Crippen LogP) is 4.99. The van der Waals surface area contributed by atoms with Crippen LogP contribution in [0.15, 0.2) is 59.0 Å². The molecule has 0 atom stereocenters. The summed E-state index contributed by atoms with van der Waals surface area (Å²) in [7, 11) is 3.19. The molecule has 0 aliphatic rings. The Morgan fingerprint density at radius 2 is 1.79 bits per heavy atom. The second-order valence-electron chi connectivity index (χ2n) is 7.22. The first-order valence-electron chi connectivity index (χ1n) is 9.99. The minimum Gasteiger partial charge on any atom is -0.478 e.